The number of carbonyl (C=O) groups is 6. The Balaban J connectivity index is 3.10. The number of carboxylic acid groups (broad SMARTS) is 1. The van der Waals surface area contributed by atoms with Gasteiger partial charge >= 0.3 is 5.97 Å². The summed E-state index contributed by atoms with van der Waals surface area (Å²) in [6, 6.07) is 3.15. The minimum absolute atomic E-state index is 0.0676. The lowest BCUT2D eigenvalue weighted by Crippen LogP contribution is -2.58. The first kappa shape index (κ1) is 28.0. The highest BCUT2D eigenvalue weighted by Crippen LogP contribution is 2.13. The predicted molar refractivity (Wildman–Crippen MR) is 117 cm³/mol. The SMILES string of the molecule is CC(C)[C@H](NC(=O)[C@H](CCC(N)=O)N(O)C(=O)c1ccccc1)C(=O)N[C@@H](CC(=O)O)C(N)=O. The molecule has 1 aromatic rings. The second-order valence-electron chi connectivity index (χ2n) is 7.83. The zero-order valence-electron chi connectivity index (χ0n) is 18.8. The normalized spacial score (nSPS) is 13.3. The molecule has 0 fully saturated rings. The lowest BCUT2D eigenvalue weighted by atomic mass is 10.0. The van der Waals surface area contributed by atoms with Gasteiger partial charge < -0.3 is 27.2 Å². The molecular weight excluding hydrogens is 450 g/mol. The molecule has 0 unspecified atom stereocenters. The second-order valence-corrected chi connectivity index (χ2v) is 7.83. The number of carboxylic acids is 1. The van der Waals surface area contributed by atoms with Gasteiger partial charge in [0.15, 0.2) is 0 Å². The molecule has 0 radical (unpaired) electrons. The molecule has 1 rings (SSSR count). The average Bonchev–Trinajstić information content (AvgIpc) is 2.76. The van der Waals surface area contributed by atoms with Crippen molar-refractivity contribution in [1.82, 2.24) is 15.7 Å². The van der Waals surface area contributed by atoms with Crippen molar-refractivity contribution in [3.63, 3.8) is 0 Å². The highest BCUT2D eigenvalue weighted by atomic mass is 16.5. The number of carbonyl (C=O) groups excluding carboxylic acids is 5. The van der Waals surface area contributed by atoms with Crippen LogP contribution in [0.3, 0.4) is 0 Å². The number of primary amides is 2. The van der Waals surface area contributed by atoms with Gasteiger partial charge in [0.2, 0.25) is 23.6 Å². The summed E-state index contributed by atoms with van der Waals surface area (Å²) < 4.78 is 0. The Hall–Kier alpha value is -4.00. The van der Waals surface area contributed by atoms with Crippen molar-refractivity contribution in [2.45, 2.75) is 51.2 Å². The third-order valence-corrected chi connectivity index (χ3v) is 4.78. The van der Waals surface area contributed by atoms with Crippen LogP contribution in [0.1, 0.15) is 43.5 Å². The summed E-state index contributed by atoms with van der Waals surface area (Å²) in [7, 11) is 0. The Morgan fingerprint density at radius 3 is 2.03 bits per heavy atom. The summed E-state index contributed by atoms with van der Waals surface area (Å²) in [5.74, 6) is -6.61. The summed E-state index contributed by atoms with van der Waals surface area (Å²) in [5, 5.41) is 24.1. The number of nitrogens with zero attached hydrogens (tertiary/aromatic N) is 1. The Kier molecular flexibility index (Phi) is 10.6. The molecule has 5 amide bonds. The van der Waals surface area contributed by atoms with Crippen LogP contribution in [-0.2, 0) is 24.0 Å². The number of rotatable bonds is 13. The number of aliphatic carboxylic acids is 1. The molecule has 13 heteroatoms. The van der Waals surface area contributed by atoms with Crippen LogP contribution in [0.4, 0.5) is 0 Å². The van der Waals surface area contributed by atoms with Crippen LogP contribution in [0.25, 0.3) is 0 Å². The van der Waals surface area contributed by atoms with Gasteiger partial charge in [-0.15, -0.1) is 0 Å². The van der Waals surface area contributed by atoms with E-state index < -0.39 is 66.0 Å². The van der Waals surface area contributed by atoms with Crippen molar-refractivity contribution in [3.8, 4) is 0 Å². The molecule has 8 N–H and O–H groups in total. The smallest absolute Gasteiger partial charge is 0.305 e. The number of hydroxylamine groups is 2. The average molecular weight is 479 g/mol. The lowest BCUT2D eigenvalue weighted by molar-refractivity contribution is -0.146. The Labute approximate surface area is 195 Å². The molecule has 0 aliphatic heterocycles. The van der Waals surface area contributed by atoms with Gasteiger partial charge in [0.05, 0.1) is 6.42 Å². The topological polar surface area (TPSA) is 222 Å². The molecule has 1 aromatic carbocycles. The third-order valence-electron chi connectivity index (χ3n) is 4.78. The Morgan fingerprint density at radius 1 is 0.971 bits per heavy atom. The molecule has 0 heterocycles. The molecular formula is C21H29N5O8. The molecule has 34 heavy (non-hydrogen) atoms. The van der Waals surface area contributed by atoms with E-state index in [2.05, 4.69) is 10.6 Å². The van der Waals surface area contributed by atoms with E-state index in [1.54, 1.807) is 32.0 Å². The van der Waals surface area contributed by atoms with Gasteiger partial charge in [0.1, 0.15) is 18.1 Å². The van der Waals surface area contributed by atoms with E-state index in [4.69, 9.17) is 16.6 Å². The van der Waals surface area contributed by atoms with E-state index in [0.29, 0.717) is 0 Å². The second kappa shape index (κ2) is 12.9. The minimum Gasteiger partial charge on any atom is -0.481 e. The minimum atomic E-state index is -1.58. The number of amides is 5. The van der Waals surface area contributed by atoms with Crippen LogP contribution in [0.5, 0.6) is 0 Å². The summed E-state index contributed by atoms with van der Waals surface area (Å²) in [5.41, 5.74) is 10.3. The Morgan fingerprint density at radius 2 is 1.56 bits per heavy atom. The quantitative estimate of drug-likeness (QED) is 0.147. The van der Waals surface area contributed by atoms with Crippen LogP contribution in [-0.4, -0.2) is 69.0 Å². The first-order valence-electron chi connectivity index (χ1n) is 10.3. The maximum absolute atomic E-state index is 13.0. The van der Waals surface area contributed by atoms with Gasteiger partial charge in [-0.3, -0.25) is 34.0 Å². The van der Waals surface area contributed by atoms with Crippen molar-refractivity contribution >= 4 is 35.5 Å². The molecule has 0 saturated heterocycles. The number of hydrogen-bond acceptors (Lipinski definition) is 7. The summed E-state index contributed by atoms with van der Waals surface area (Å²) in [6.07, 6.45) is -1.46. The molecule has 13 nitrogen and oxygen atoms in total. The number of benzene rings is 1. The molecule has 186 valence electrons. The summed E-state index contributed by atoms with van der Waals surface area (Å²) in [4.78, 5) is 71.9. The number of nitrogens with one attached hydrogen (secondary N) is 2. The first-order valence-corrected chi connectivity index (χ1v) is 10.3. The van der Waals surface area contributed by atoms with Gasteiger partial charge in [0.25, 0.3) is 5.91 Å². The highest BCUT2D eigenvalue weighted by molar-refractivity contribution is 5.98. The van der Waals surface area contributed by atoms with Gasteiger partial charge in [-0.2, -0.15) is 0 Å². The first-order chi connectivity index (χ1) is 15.8. The molecule has 0 aromatic heterocycles. The van der Waals surface area contributed by atoms with Crippen molar-refractivity contribution in [3.05, 3.63) is 35.9 Å². The van der Waals surface area contributed by atoms with Gasteiger partial charge in [-0.05, 0) is 24.5 Å². The number of hydrogen-bond donors (Lipinski definition) is 6. The van der Waals surface area contributed by atoms with Gasteiger partial charge in [-0.1, -0.05) is 32.0 Å². The zero-order valence-corrected chi connectivity index (χ0v) is 18.8. The maximum Gasteiger partial charge on any atom is 0.305 e. The third kappa shape index (κ3) is 8.50. The lowest BCUT2D eigenvalue weighted by Gasteiger charge is -2.29. The highest BCUT2D eigenvalue weighted by Gasteiger charge is 2.35. The maximum atomic E-state index is 13.0. The fraction of sp³-hybridized carbons (Fsp3) is 0.429. The van der Waals surface area contributed by atoms with Crippen molar-refractivity contribution in [1.29, 1.82) is 0 Å². The zero-order chi connectivity index (χ0) is 26.0. The van der Waals surface area contributed by atoms with Crippen molar-refractivity contribution in [2.75, 3.05) is 0 Å². The van der Waals surface area contributed by atoms with E-state index in [1.807, 2.05) is 0 Å². The van der Waals surface area contributed by atoms with E-state index in [9.17, 15) is 34.0 Å². The summed E-state index contributed by atoms with van der Waals surface area (Å²) in [6.45, 7) is 3.12. The Bertz CT molecular complexity index is 921. The van der Waals surface area contributed by atoms with Crippen molar-refractivity contribution < 1.29 is 39.1 Å². The molecule has 0 saturated carbocycles. The van der Waals surface area contributed by atoms with E-state index in [-0.39, 0.29) is 23.5 Å². The van der Waals surface area contributed by atoms with Crippen LogP contribution < -0.4 is 22.1 Å². The summed E-state index contributed by atoms with van der Waals surface area (Å²) >= 11 is 0. The van der Waals surface area contributed by atoms with Crippen molar-refractivity contribution in [2.24, 2.45) is 17.4 Å². The standard InChI is InChI=1S/C21H29N5O8/c1-11(2)17(20(32)24-13(18(23)30)10-16(28)29)25-19(31)14(8-9-15(22)27)26(34)21(33)12-6-4-3-5-7-12/h3-7,11,13-14,17,34H,8-10H2,1-2H3,(H2,22,27)(H2,23,30)(H,24,32)(H,25,31)(H,28,29)/t13-,14-,17-/m0/s1. The van der Waals surface area contributed by atoms with Crippen LogP contribution in [0, 0.1) is 5.92 Å². The molecule has 0 aliphatic rings. The van der Waals surface area contributed by atoms with Crippen LogP contribution >= 0.6 is 0 Å². The van der Waals surface area contributed by atoms with E-state index in [0.717, 1.165) is 0 Å². The molecule has 3 atom stereocenters. The predicted octanol–water partition coefficient (Wildman–Crippen LogP) is -1.26. The molecule has 0 bridgehead atoms. The molecule has 0 spiro atoms. The monoisotopic (exact) mass is 479 g/mol. The number of nitrogens with two attached hydrogens (primary N) is 2. The van der Waals surface area contributed by atoms with Crippen LogP contribution in [0.2, 0.25) is 0 Å². The van der Waals surface area contributed by atoms with Crippen LogP contribution in [0.15, 0.2) is 30.3 Å². The van der Waals surface area contributed by atoms with E-state index in [1.165, 1.54) is 12.1 Å². The van der Waals surface area contributed by atoms with Gasteiger partial charge in [0, 0.05) is 12.0 Å². The fourth-order valence-corrected chi connectivity index (χ4v) is 2.94. The van der Waals surface area contributed by atoms with E-state index >= 15 is 0 Å². The molecule has 0 aliphatic carbocycles. The largest absolute Gasteiger partial charge is 0.481 e. The fourth-order valence-electron chi connectivity index (χ4n) is 2.94. The van der Waals surface area contributed by atoms with Gasteiger partial charge in [-0.25, -0.2) is 5.06 Å².